The molecule has 0 spiro atoms. The van der Waals surface area contributed by atoms with E-state index in [1.807, 2.05) is 0 Å². The molecule has 0 fully saturated rings. The van der Waals surface area contributed by atoms with Crippen molar-refractivity contribution in [1.82, 2.24) is 4.72 Å². The van der Waals surface area contributed by atoms with E-state index in [0.29, 0.717) is 37.8 Å². The van der Waals surface area contributed by atoms with Gasteiger partial charge in [-0.2, -0.15) is 0 Å². The van der Waals surface area contributed by atoms with E-state index < -0.39 is 10.0 Å². The molecule has 0 bridgehead atoms. The smallest absolute Gasteiger partial charge is 0.242 e. The van der Waals surface area contributed by atoms with E-state index in [1.54, 1.807) is 13.2 Å². The van der Waals surface area contributed by atoms with Crippen molar-refractivity contribution in [3.63, 3.8) is 0 Å². The number of sulfonamides is 1. The van der Waals surface area contributed by atoms with Gasteiger partial charge in [0.25, 0.3) is 0 Å². The highest BCUT2D eigenvalue weighted by atomic mass is 35.5. The van der Waals surface area contributed by atoms with Gasteiger partial charge in [0, 0.05) is 25.3 Å². The summed E-state index contributed by atoms with van der Waals surface area (Å²) >= 11 is 5.79. The summed E-state index contributed by atoms with van der Waals surface area (Å²) < 4.78 is 36.8. The van der Waals surface area contributed by atoms with Crippen LogP contribution in [0.25, 0.3) is 0 Å². The Morgan fingerprint density at radius 1 is 1.24 bits per heavy atom. The predicted molar refractivity (Wildman–Crippen MR) is 83.0 cm³/mol. The number of hydrogen-bond acceptors (Lipinski definition) is 5. The lowest BCUT2D eigenvalue weighted by molar-refractivity contribution is 0.0689. The van der Waals surface area contributed by atoms with E-state index in [1.165, 1.54) is 12.1 Å². The second-order valence-corrected chi connectivity index (χ2v) is 6.56. The second kappa shape index (κ2) is 9.22. The Labute approximate surface area is 130 Å². The molecule has 0 aliphatic carbocycles. The Balaban J connectivity index is 2.35. The summed E-state index contributed by atoms with van der Waals surface area (Å²) in [6.07, 6.45) is 1.43. The molecule has 0 saturated heterocycles. The average Bonchev–Trinajstić information content (AvgIpc) is 2.44. The number of rotatable bonds is 10. The lowest BCUT2D eigenvalue weighted by Crippen LogP contribution is -2.25. The number of halogens is 1. The molecule has 0 aliphatic heterocycles. The standard InChI is InChI=1S/C13H21ClN2O4S/c1-19-8-9-20-7-3-2-6-16-21(17,18)13-10-11(14)4-5-12(13)15/h4-5,10,16H,2-3,6-9,15H2,1H3. The van der Waals surface area contributed by atoms with Crippen LogP contribution in [0.4, 0.5) is 5.69 Å². The third-order valence-electron chi connectivity index (χ3n) is 2.70. The molecule has 8 heteroatoms. The van der Waals surface area contributed by atoms with Crippen LogP contribution in [0.2, 0.25) is 5.02 Å². The van der Waals surface area contributed by atoms with Crippen molar-refractivity contribution in [3.05, 3.63) is 23.2 Å². The van der Waals surface area contributed by atoms with Crippen molar-refractivity contribution in [2.45, 2.75) is 17.7 Å². The van der Waals surface area contributed by atoms with Crippen LogP contribution >= 0.6 is 11.6 Å². The molecule has 1 rings (SSSR count). The van der Waals surface area contributed by atoms with Gasteiger partial charge < -0.3 is 15.2 Å². The van der Waals surface area contributed by atoms with Gasteiger partial charge in [-0.05, 0) is 31.0 Å². The first-order chi connectivity index (χ1) is 9.97. The van der Waals surface area contributed by atoms with Crippen LogP contribution in [0.15, 0.2) is 23.1 Å². The number of unbranched alkanes of at least 4 members (excludes halogenated alkanes) is 1. The molecule has 0 aromatic heterocycles. The van der Waals surface area contributed by atoms with Gasteiger partial charge in [0.05, 0.1) is 18.9 Å². The highest BCUT2D eigenvalue weighted by molar-refractivity contribution is 7.89. The van der Waals surface area contributed by atoms with Crippen LogP contribution in [-0.2, 0) is 19.5 Å². The molecule has 120 valence electrons. The van der Waals surface area contributed by atoms with Crippen molar-refractivity contribution in [2.24, 2.45) is 0 Å². The maximum Gasteiger partial charge on any atom is 0.242 e. The number of ether oxygens (including phenoxy) is 2. The van der Waals surface area contributed by atoms with Gasteiger partial charge in [-0.3, -0.25) is 0 Å². The Bertz CT molecular complexity index is 537. The van der Waals surface area contributed by atoms with Crippen molar-refractivity contribution < 1.29 is 17.9 Å². The molecule has 0 unspecified atom stereocenters. The summed E-state index contributed by atoms with van der Waals surface area (Å²) in [6, 6.07) is 4.36. The van der Waals surface area contributed by atoms with Gasteiger partial charge in [-0.1, -0.05) is 11.6 Å². The van der Waals surface area contributed by atoms with Crippen LogP contribution in [0.3, 0.4) is 0 Å². The Morgan fingerprint density at radius 2 is 2.00 bits per heavy atom. The number of hydrogen-bond donors (Lipinski definition) is 2. The molecule has 1 aromatic rings. The first-order valence-corrected chi connectivity index (χ1v) is 8.45. The number of benzene rings is 1. The van der Waals surface area contributed by atoms with Crippen LogP contribution in [0.1, 0.15) is 12.8 Å². The molecule has 0 heterocycles. The van der Waals surface area contributed by atoms with Gasteiger partial charge in [0.15, 0.2) is 0 Å². The van der Waals surface area contributed by atoms with Crippen LogP contribution < -0.4 is 10.5 Å². The largest absolute Gasteiger partial charge is 0.398 e. The minimum Gasteiger partial charge on any atom is -0.398 e. The van der Waals surface area contributed by atoms with Crippen molar-refractivity contribution in [1.29, 1.82) is 0 Å². The zero-order valence-electron chi connectivity index (χ0n) is 12.0. The predicted octanol–water partition coefficient (Wildman–Crippen LogP) is 1.64. The van der Waals surface area contributed by atoms with Crippen molar-refractivity contribution >= 4 is 27.3 Å². The SMILES string of the molecule is COCCOCCCCNS(=O)(=O)c1cc(Cl)ccc1N. The molecule has 0 amide bonds. The number of nitrogens with two attached hydrogens (primary N) is 1. The van der Waals surface area contributed by atoms with Gasteiger partial charge >= 0.3 is 0 Å². The summed E-state index contributed by atoms with van der Waals surface area (Å²) in [4.78, 5) is 0.00587. The summed E-state index contributed by atoms with van der Waals surface area (Å²) in [7, 11) is -2.02. The first-order valence-electron chi connectivity index (χ1n) is 6.59. The third kappa shape index (κ3) is 6.62. The lowest BCUT2D eigenvalue weighted by atomic mass is 10.3. The zero-order chi connectivity index (χ0) is 15.7. The Morgan fingerprint density at radius 3 is 2.71 bits per heavy atom. The summed E-state index contributed by atoms with van der Waals surface area (Å²) in [5.74, 6) is 0. The fraction of sp³-hybridized carbons (Fsp3) is 0.538. The molecular formula is C13H21ClN2O4S. The molecule has 1 aromatic carbocycles. The van der Waals surface area contributed by atoms with Gasteiger partial charge in [-0.25, -0.2) is 13.1 Å². The van der Waals surface area contributed by atoms with Gasteiger partial charge in [-0.15, -0.1) is 0 Å². The Kier molecular flexibility index (Phi) is 7.98. The molecule has 0 aliphatic rings. The summed E-state index contributed by atoms with van der Waals surface area (Å²) in [6.45, 7) is 1.99. The van der Waals surface area contributed by atoms with Crippen LogP contribution in [0, 0.1) is 0 Å². The number of methoxy groups -OCH3 is 1. The quantitative estimate of drug-likeness (QED) is 0.500. The van der Waals surface area contributed by atoms with Crippen LogP contribution in [-0.4, -0.2) is 41.9 Å². The molecular weight excluding hydrogens is 316 g/mol. The molecule has 0 atom stereocenters. The normalized spacial score (nSPS) is 11.7. The van der Waals surface area contributed by atoms with E-state index >= 15 is 0 Å². The van der Waals surface area contributed by atoms with E-state index in [4.69, 9.17) is 26.8 Å². The fourth-order valence-electron chi connectivity index (χ4n) is 1.60. The molecule has 21 heavy (non-hydrogen) atoms. The maximum absolute atomic E-state index is 12.1. The molecule has 0 radical (unpaired) electrons. The van der Waals surface area contributed by atoms with Crippen molar-refractivity contribution in [3.8, 4) is 0 Å². The number of anilines is 1. The van der Waals surface area contributed by atoms with Gasteiger partial charge in [0.1, 0.15) is 4.90 Å². The molecule has 3 N–H and O–H groups in total. The van der Waals surface area contributed by atoms with E-state index in [-0.39, 0.29) is 10.6 Å². The Hall–Kier alpha value is -0.860. The summed E-state index contributed by atoms with van der Waals surface area (Å²) in [5.41, 5.74) is 5.84. The van der Waals surface area contributed by atoms with E-state index in [2.05, 4.69) is 4.72 Å². The molecule has 0 saturated carbocycles. The monoisotopic (exact) mass is 336 g/mol. The highest BCUT2D eigenvalue weighted by Crippen LogP contribution is 2.22. The van der Waals surface area contributed by atoms with Gasteiger partial charge in [0.2, 0.25) is 10.0 Å². The second-order valence-electron chi connectivity index (χ2n) is 4.39. The van der Waals surface area contributed by atoms with E-state index in [9.17, 15) is 8.42 Å². The average molecular weight is 337 g/mol. The minimum absolute atomic E-state index is 0.00587. The topological polar surface area (TPSA) is 90.6 Å². The minimum atomic E-state index is -3.64. The molecule has 6 nitrogen and oxygen atoms in total. The number of nitrogen functional groups attached to an aromatic ring is 1. The van der Waals surface area contributed by atoms with E-state index in [0.717, 1.165) is 6.42 Å². The lowest BCUT2D eigenvalue weighted by Gasteiger charge is -2.09. The highest BCUT2D eigenvalue weighted by Gasteiger charge is 2.17. The third-order valence-corrected chi connectivity index (χ3v) is 4.46. The summed E-state index contributed by atoms with van der Waals surface area (Å²) in [5, 5.41) is 0.330. The number of nitrogens with one attached hydrogen (secondary N) is 1. The van der Waals surface area contributed by atoms with Crippen molar-refractivity contribution in [2.75, 3.05) is 39.2 Å². The fourth-order valence-corrected chi connectivity index (χ4v) is 3.06. The zero-order valence-corrected chi connectivity index (χ0v) is 13.5. The van der Waals surface area contributed by atoms with Crippen LogP contribution in [0.5, 0.6) is 0 Å². The maximum atomic E-state index is 12.1. The first kappa shape index (κ1) is 18.2.